The molecule has 5 nitrogen and oxygen atoms in total. The molecule has 1 aromatic rings. The van der Waals surface area contributed by atoms with Gasteiger partial charge in [-0.05, 0) is 49.9 Å². The molecule has 5 heteroatoms. The molecule has 0 saturated carbocycles. The quantitative estimate of drug-likeness (QED) is 0.567. The maximum atomic E-state index is 12.3. The maximum absolute atomic E-state index is 12.3. The average Bonchev–Trinajstić information content (AvgIpc) is 3.00. The van der Waals surface area contributed by atoms with Gasteiger partial charge in [0.15, 0.2) is 0 Å². The Hall–Kier alpha value is -1.59. The van der Waals surface area contributed by atoms with Crippen molar-refractivity contribution >= 4 is 11.6 Å². The Labute approximate surface area is 112 Å². The van der Waals surface area contributed by atoms with Crippen molar-refractivity contribution < 1.29 is 9.53 Å². The summed E-state index contributed by atoms with van der Waals surface area (Å²) in [6.45, 7) is 1.91. The number of ether oxygens (including phenoxy) is 1. The summed E-state index contributed by atoms with van der Waals surface area (Å²) in [5.41, 5.74) is 4.99. The maximum Gasteiger partial charge on any atom is 0.251 e. The van der Waals surface area contributed by atoms with Gasteiger partial charge in [0.25, 0.3) is 5.91 Å². The van der Waals surface area contributed by atoms with Crippen LogP contribution >= 0.6 is 0 Å². The molecule has 0 aliphatic carbocycles. The van der Waals surface area contributed by atoms with E-state index in [2.05, 4.69) is 10.7 Å². The zero-order chi connectivity index (χ0) is 13.4. The van der Waals surface area contributed by atoms with Crippen LogP contribution in [0.4, 0.5) is 5.69 Å². The number of nitrogen functional groups attached to an aromatic ring is 1. The topological polar surface area (TPSA) is 76.4 Å². The summed E-state index contributed by atoms with van der Waals surface area (Å²) in [5, 5.41) is 3.09. The highest BCUT2D eigenvalue weighted by Crippen LogP contribution is 2.34. The fraction of sp³-hybridized carbons (Fsp3) is 0.500. The van der Waals surface area contributed by atoms with Crippen LogP contribution in [0, 0.1) is 6.92 Å². The van der Waals surface area contributed by atoms with E-state index in [4.69, 9.17) is 10.6 Å². The zero-order valence-corrected chi connectivity index (χ0v) is 11.0. The molecule has 3 atom stereocenters. The van der Waals surface area contributed by atoms with Crippen LogP contribution in [0.1, 0.15) is 35.2 Å². The van der Waals surface area contributed by atoms with Gasteiger partial charge in [-0.3, -0.25) is 10.6 Å². The number of benzene rings is 1. The lowest BCUT2D eigenvalue weighted by Crippen LogP contribution is -2.41. The molecule has 102 valence electrons. The van der Waals surface area contributed by atoms with E-state index < -0.39 is 0 Å². The van der Waals surface area contributed by atoms with Crippen LogP contribution in [-0.4, -0.2) is 24.2 Å². The minimum absolute atomic E-state index is 0.0257. The van der Waals surface area contributed by atoms with Crippen LogP contribution in [0.15, 0.2) is 18.2 Å². The molecule has 2 heterocycles. The number of hydrogen-bond donors (Lipinski definition) is 3. The molecule has 0 radical (unpaired) electrons. The van der Waals surface area contributed by atoms with Crippen molar-refractivity contribution in [1.82, 2.24) is 5.32 Å². The van der Waals surface area contributed by atoms with Crippen LogP contribution in [0.5, 0.6) is 0 Å². The van der Waals surface area contributed by atoms with Crippen molar-refractivity contribution in [1.29, 1.82) is 0 Å². The predicted octanol–water partition coefficient (Wildman–Crippen LogP) is 1.33. The standard InChI is InChI=1S/C14H19N3O2/c1-8-6-9(17-15)2-4-11(8)14(18)16-12-7-10-3-5-13(12)19-10/h2,4,6,10,12-13,17H,3,5,7,15H2,1H3,(H,16,18). The van der Waals surface area contributed by atoms with Gasteiger partial charge in [0.05, 0.1) is 18.2 Å². The summed E-state index contributed by atoms with van der Waals surface area (Å²) in [6, 6.07) is 5.64. The summed E-state index contributed by atoms with van der Waals surface area (Å²) in [6.07, 6.45) is 3.69. The number of rotatable bonds is 3. The van der Waals surface area contributed by atoms with E-state index in [1.54, 1.807) is 12.1 Å². The highest BCUT2D eigenvalue weighted by atomic mass is 16.5. The normalized spacial score (nSPS) is 28.4. The van der Waals surface area contributed by atoms with Crippen molar-refractivity contribution in [2.75, 3.05) is 5.43 Å². The average molecular weight is 261 g/mol. The van der Waals surface area contributed by atoms with Crippen molar-refractivity contribution in [2.24, 2.45) is 5.84 Å². The molecule has 2 aliphatic heterocycles. The summed E-state index contributed by atoms with van der Waals surface area (Å²) in [5.74, 6) is 5.33. The predicted molar refractivity (Wildman–Crippen MR) is 72.8 cm³/mol. The molecule has 3 unspecified atom stereocenters. The highest BCUT2D eigenvalue weighted by molar-refractivity contribution is 5.96. The van der Waals surface area contributed by atoms with Crippen molar-refractivity contribution in [2.45, 2.75) is 44.4 Å². The number of fused-ring (bicyclic) bond motifs is 2. The first-order valence-corrected chi connectivity index (χ1v) is 6.71. The van der Waals surface area contributed by atoms with Gasteiger partial charge in [0.1, 0.15) is 0 Å². The first-order valence-electron chi connectivity index (χ1n) is 6.71. The molecule has 1 amide bonds. The number of nitrogens with one attached hydrogen (secondary N) is 2. The van der Waals surface area contributed by atoms with E-state index >= 15 is 0 Å². The highest BCUT2D eigenvalue weighted by Gasteiger charge is 2.41. The van der Waals surface area contributed by atoms with Crippen molar-refractivity contribution in [3.8, 4) is 0 Å². The Morgan fingerprint density at radius 3 is 2.84 bits per heavy atom. The number of amides is 1. The van der Waals surface area contributed by atoms with Gasteiger partial charge in [-0.15, -0.1) is 0 Å². The number of carbonyl (C=O) groups is 1. The van der Waals surface area contributed by atoms with Crippen LogP contribution < -0.4 is 16.6 Å². The van der Waals surface area contributed by atoms with Crippen molar-refractivity contribution in [3.05, 3.63) is 29.3 Å². The fourth-order valence-corrected chi connectivity index (χ4v) is 3.04. The number of hydrazine groups is 1. The molecule has 1 aromatic carbocycles. The van der Waals surface area contributed by atoms with E-state index in [0.717, 1.165) is 30.5 Å². The SMILES string of the molecule is Cc1cc(NN)ccc1C(=O)NC1CC2CCC1O2. The van der Waals surface area contributed by atoms with Gasteiger partial charge < -0.3 is 15.5 Å². The molecular weight excluding hydrogens is 242 g/mol. The van der Waals surface area contributed by atoms with E-state index in [1.165, 1.54) is 0 Å². The molecule has 3 rings (SSSR count). The molecule has 2 fully saturated rings. The Kier molecular flexibility index (Phi) is 3.16. The zero-order valence-electron chi connectivity index (χ0n) is 11.0. The lowest BCUT2D eigenvalue weighted by atomic mass is 9.95. The van der Waals surface area contributed by atoms with Gasteiger partial charge >= 0.3 is 0 Å². The molecule has 4 N–H and O–H groups in total. The van der Waals surface area contributed by atoms with Crippen LogP contribution in [0.25, 0.3) is 0 Å². The number of aryl methyl sites for hydroxylation is 1. The van der Waals surface area contributed by atoms with E-state index in [9.17, 15) is 4.79 Å². The molecular formula is C14H19N3O2. The van der Waals surface area contributed by atoms with Gasteiger partial charge in [0.2, 0.25) is 0 Å². The lowest BCUT2D eigenvalue weighted by molar-refractivity contribution is 0.0840. The van der Waals surface area contributed by atoms with Gasteiger partial charge in [0, 0.05) is 11.3 Å². The van der Waals surface area contributed by atoms with Gasteiger partial charge in [-0.1, -0.05) is 0 Å². The molecule has 2 aliphatic rings. The summed E-state index contributed by atoms with van der Waals surface area (Å²) < 4.78 is 5.75. The minimum atomic E-state index is -0.0257. The summed E-state index contributed by atoms with van der Waals surface area (Å²) in [4.78, 5) is 12.3. The van der Waals surface area contributed by atoms with Gasteiger partial charge in [-0.2, -0.15) is 0 Å². The Balaban J connectivity index is 1.70. The lowest BCUT2D eigenvalue weighted by Gasteiger charge is -2.20. The number of carbonyl (C=O) groups excluding carboxylic acids is 1. The second kappa shape index (κ2) is 4.83. The van der Waals surface area contributed by atoms with E-state index in [-0.39, 0.29) is 18.1 Å². The third-order valence-electron chi connectivity index (χ3n) is 4.06. The summed E-state index contributed by atoms with van der Waals surface area (Å²) in [7, 11) is 0. The molecule has 19 heavy (non-hydrogen) atoms. The first-order chi connectivity index (χ1) is 9.17. The first kappa shape index (κ1) is 12.4. The van der Waals surface area contributed by atoms with Crippen LogP contribution in [0.3, 0.4) is 0 Å². The monoisotopic (exact) mass is 261 g/mol. The van der Waals surface area contributed by atoms with E-state index in [0.29, 0.717) is 11.7 Å². The fourth-order valence-electron chi connectivity index (χ4n) is 3.04. The third kappa shape index (κ3) is 2.31. The van der Waals surface area contributed by atoms with E-state index in [1.807, 2.05) is 13.0 Å². The Morgan fingerprint density at radius 1 is 1.42 bits per heavy atom. The smallest absolute Gasteiger partial charge is 0.251 e. The summed E-state index contributed by atoms with van der Waals surface area (Å²) >= 11 is 0. The number of anilines is 1. The molecule has 2 bridgehead atoms. The molecule has 0 aromatic heterocycles. The molecule has 0 spiro atoms. The van der Waals surface area contributed by atoms with Crippen LogP contribution in [-0.2, 0) is 4.74 Å². The minimum Gasteiger partial charge on any atom is -0.373 e. The second-order valence-corrected chi connectivity index (χ2v) is 5.36. The second-order valence-electron chi connectivity index (χ2n) is 5.36. The number of nitrogens with two attached hydrogens (primary N) is 1. The van der Waals surface area contributed by atoms with Crippen LogP contribution in [0.2, 0.25) is 0 Å². The number of hydrogen-bond acceptors (Lipinski definition) is 4. The Bertz CT molecular complexity index is 503. The molecule has 2 saturated heterocycles. The third-order valence-corrected chi connectivity index (χ3v) is 4.06. The van der Waals surface area contributed by atoms with Crippen molar-refractivity contribution in [3.63, 3.8) is 0 Å². The van der Waals surface area contributed by atoms with Gasteiger partial charge in [-0.25, -0.2) is 0 Å². The largest absolute Gasteiger partial charge is 0.373 e. The Morgan fingerprint density at radius 2 is 2.26 bits per heavy atom.